The normalized spacial score (nSPS) is 12.4. The van der Waals surface area contributed by atoms with Gasteiger partial charge in [0.2, 0.25) is 5.91 Å². The fraction of sp³-hybridized carbons (Fsp3) is 0.222. The van der Waals surface area contributed by atoms with Crippen LogP contribution in [0, 0.1) is 5.92 Å². The van der Waals surface area contributed by atoms with Crippen molar-refractivity contribution in [3.8, 4) is 17.1 Å². The molecular weight excluding hydrogens is 514 g/mol. The Kier molecular flexibility index (Phi) is 7.35. The van der Waals surface area contributed by atoms with E-state index in [0.29, 0.717) is 17.2 Å². The summed E-state index contributed by atoms with van der Waals surface area (Å²) in [6.45, 7) is 0. The lowest BCUT2D eigenvalue weighted by molar-refractivity contribution is -0.117. The van der Waals surface area contributed by atoms with E-state index < -0.39 is 11.8 Å². The van der Waals surface area contributed by atoms with E-state index in [1.165, 1.54) is 20.2 Å². The highest BCUT2D eigenvalue weighted by Gasteiger charge is 2.30. The molecule has 2 aromatic heterocycles. The van der Waals surface area contributed by atoms with E-state index in [1.54, 1.807) is 48.4 Å². The van der Waals surface area contributed by atoms with E-state index >= 15 is 0 Å². The number of para-hydroxylation sites is 1. The van der Waals surface area contributed by atoms with Gasteiger partial charge in [-0.3, -0.25) is 19.1 Å². The van der Waals surface area contributed by atoms with Crippen molar-refractivity contribution in [3.63, 3.8) is 0 Å². The second kappa shape index (κ2) is 11.2. The number of rotatable bonds is 9. The summed E-state index contributed by atoms with van der Waals surface area (Å²) in [7, 11) is 4.71. The number of carbonyl (C=O) groups is 3. The summed E-state index contributed by atoms with van der Waals surface area (Å²) in [4.78, 5) is 42.2. The number of aromatic nitrogens is 5. The Bertz CT molecular complexity index is 1580. The molecule has 0 aliphatic heterocycles. The Morgan fingerprint density at radius 3 is 2.40 bits per heavy atom. The fourth-order valence-corrected chi connectivity index (χ4v) is 3.96. The van der Waals surface area contributed by atoms with Crippen molar-refractivity contribution < 1.29 is 19.1 Å². The highest BCUT2D eigenvalue weighted by atomic mass is 16.5. The van der Waals surface area contributed by atoms with Crippen molar-refractivity contribution >= 4 is 40.6 Å². The Balaban J connectivity index is 1.39. The van der Waals surface area contributed by atoms with Gasteiger partial charge in [-0.05, 0) is 49.2 Å². The zero-order valence-electron chi connectivity index (χ0n) is 22.1. The Morgan fingerprint density at radius 1 is 0.975 bits per heavy atom. The van der Waals surface area contributed by atoms with Crippen molar-refractivity contribution in [1.82, 2.24) is 30.3 Å². The summed E-state index contributed by atoms with van der Waals surface area (Å²) in [5.74, 6) is -0.0311. The van der Waals surface area contributed by atoms with Crippen molar-refractivity contribution in [1.29, 1.82) is 0 Å². The second-order valence-electron chi connectivity index (χ2n) is 9.12. The standard InChI is InChI=1S/C27H27N9O4/c1-28-27(39)22-20(13-21(33-34-22)32-25(37)16-7-8-16)31-19-6-4-5-18(23(19)40-3)26(38)30-17-11-9-15(10-12-17)24-29-14-36(2)35-24/h4-6,9-14,16H,7-8H2,1-3H3,(H,28,39)(H,30,38)(H2,31,32,33,37). The quantitative estimate of drug-likeness (QED) is 0.249. The average molecular weight is 542 g/mol. The predicted molar refractivity (Wildman–Crippen MR) is 147 cm³/mol. The molecule has 13 heteroatoms. The van der Waals surface area contributed by atoms with Gasteiger partial charge in [-0.25, -0.2) is 4.98 Å². The number of amides is 3. The van der Waals surface area contributed by atoms with Crippen LogP contribution in [0.15, 0.2) is 54.9 Å². The Hall–Kier alpha value is -5.33. The van der Waals surface area contributed by atoms with E-state index in [0.717, 1.165) is 18.4 Å². The smallest absolute Gasteiger partial charge is 0.273 e. The summed E-state index contributed by atoms with van der Waals surface area (Å²) >= 11 is 0. The lowest BCUT2D eigenvalue weighted by atomic mass is 10.1. The first-order valence-corrected chi connectivity index (χ1v) is 12.5. The number of benzene rings is 2. The fourth-order valence-electron chi connectivity index (χ4n) is 3.96. The van der Waals surface area contributed by atoms with E-state index in [9.17, 15) is 14.4 Å². The minimum Gasteiger partial charge on any atom is -0.494 e. The zero-order chi connectivity index (χ0) is 28.2. The molecule has 0 radical (unpaired) electrons. The molecular formula is C27H27N9O4. The molecule has 1 fully saturated rings. The number of nitrogens with zero attached hydrogens (tertiary/aromatic N) is 5. The van der Waals surface area contributed by atoms with E-state index in [4.69, 9.17) is 4.74 Å². The van der Waals surface area contributed by atoms with Gasteiger partial charge in [0.25, 0.3) is 11.8 Å². The minimum atomic E-state index is -0.479. The van der Waals surface area contributed by atoms with Crippen LogP contribution in [0.1, 0.15) is 33.7 Å². The van der Waals surface area contributed by atoms with Crippen LogP contribution in [0.2, 0.25) is 0 Å². The van der Waals surface area contributed by atoms with Crippen LogP contribution < -0.4 is 26.0 Å². The maximum absolute atomic E-state index is 13.2. The number of ether oxygens (including phenoxy) is 1. The second-order valence-corrected chi connectivity index (χ2v) is 9.12. The molecule has 3 amide bonds. The molecule has 204 valence electrons. The third kappa shape index (κ3) is 5.72. The number of hydrogen-bond acceptors (Lipinski definition) is 9. The van der Waals surface area contributed by atoms with Gasteiger partial charge in [-0.2, -0.15) is 5.10 Å². The van der Waals surface area contributed by atoms with Crippen molar-refractivity contribution in [2.45, 2.75) is 12.8 Å². The highest BCUT2D eigenvalue weighted by molar-refractivity contribution is 6.08. The summed E-state index contributed by atoms with van der Waals surface area (Å²) in [5, 5.41) is 23.5. The monoisotopic (exact) mass is 541 g/mol. The van der Waals surface area contributed by atoms with Gasteiger partial charge in [0.05, 0.1) is 24.0 Å². The van der Waals surface area contributed by atoms with Crippen molar-refractivity contribution in [2.24, 2.45) is 13.0 Å². The summed E-state index contributed by atoms with van der Waals surface area (Å²) in [5.41, 5.74) is 2.33. The zero-order valence-corrected chi connectivity index (χ0v) is 22.1. The summed E-state index contributed by atoms with van der Waals surface area (Å²) in [6, 6.07) is 13.7. The van der Waals surface area contributed by atoms with Gasteiger partial charge in [0, 0.05) is 37.3 Å². The molecule has 4 aromatic rings. The number of anilines is 4. The molecule has 1 saturated carbocycles. The molecule has 0 saturated heterocycles. The Labute approximate surface area is 229 Å². The largest absolute Gasteiger partial charge is 0.494 e. The van der Waals surface area contributed by atoms with Crippen LogP contribution in [0.4, 0.5) is 22.9 Å². The first-order chi connectivity index (χ1) is 19.4. The molecule has 40 heavy (non-hydrogen) atoms. The first-order valence-electron chi connectivity index (χ1n) is 12.5. The highest BCUT2D eigenvalue weighted by Crippen LogP contribution is 2.34. The van der Waals surface area contributed by atoms with E-state index in [-0.39, 0.29) is 40.3 Å². The SMILES string of the molecule is CNC(=O)c1nnc(NC(=O)C2CC2)cc1Nc1cccc(C(=O)Nc2ccc(-c3ncn(C)n3)cc2)c1OC. The maximum atomic E-state index is 13.2. The average Bonchev–Trinajstić information content (AvgIpc) is 3.73. The maximum Gasteiger partial charge on any atom is 0.273 e. The number of hydrogen-bond donors (Lipinski definition) is 4. The van der Waals surface area contributed by atoms with Gasteiger partial charge >= 0.3 is 0 Å². The molecule has 2 heterocycles. The molecule has 2 aromatic carbocycles. The van der Waals surface area contributed by atoms with Gasteiger partial charge in [0.15, 0.2) is 23.1 Å². The van der Waals surface area contributed by atoms with Gasteiger partial charge in [-0.15, -0.1) is 10.2 Å². The van der Waals surface area contributed by atoms with Crippen LogP contribution >= 0.6 is 0 Å². The lowest BCUT2D eigenvalue weighted by Crippen LogP contribution is -2.22. The van der Waals surface area contributed by atoms with E-state index in [2.05, 4.69) is 41.5 Å². The first kappa shape index (κ1) is 26.3. The van der Waals surface area contributed by atoms with Crippen LogP contribution in [0.25, 0.3) is 11.4 Å². The molecule has 0 unspecified atom stereocenters. The topological polar surface area (TPSA) is 165 Å². The molecule has 1 aliphatic rings. The summed E-state index contributed by atoms with van der Waals surface area (Å²) in [6.07, 6.45) is 3.28. The number of nitrogens with one attached hydrogen (secondary N) is 4. The van der Waals surface area contributed by atoms with E-state index in [1.807, 2.05) is 12.1 Å². The molecule has 13 nitrogen and oxygen atoms in total. The molecule has 0 bridgehead atoms. The summed E-state index contributed by atoms with van der Waals surface area (Å²) < 4.78 is 7.21. The molecule has 0 atom stereocenters. The van der Waals surface area contributed by atoms with Crippen LogP contribution in [-0.4, -0.2) is 56.8 Å². The lowest BCUT2D eigenvalue weighted by Gasteiger charge is -2.17. The molecule has 0 spiro atoms. The van der Waals surface area contributed by atoms with Crippen molar-refractivity contribution in [2.75, 3.05) is 30.1 Å². The van der Waals surface area contributed by atoms with Gasteiger partial charge in [-0.1, -0.05) is 6.07 Å². The Morgan fingerprint density at radius 2 is 1.75 bits per heavy atom. The van der Waals surface area contributed by atoms with Crippen LogP contribution in [0.5, 0.6) is 5.75 Å². The third-order valence-electron chi connectivity index (χ3n) is 6.17. The van der Waals surface area contributed by atoms with Crippen LogP contribution in [0.3, 0.4) is 0 Å². The van der Waals surface area contributed by atoms with Gasteiger partial charge < -0.3 is 26.0 Å². The number of aryl methyl sites for hydroxylation is 1. The third-order valence-corrected chi connectivity index (χ3v) is 6.17. The number of carbonyl (C=O) groups excluding carboxylic acids is 3. The predicted octanol–water partition coefficient (Wildman–Crippen LogP) is 2.98. The molecule has 1 aliphatic carbocycles. The van der Waals surface area contributed by atoms with Crippen LogP contribution in [-0.2, 0) is 11.8 Å². The van der Waals surface area contributed by atoms with Gasteiger partial charge in [0.1, 0.15) is 6.33 Å². The molecule has 4 N–H and O–H groups in total. The molecule has 5 rings (SSSR count). The number of methoxy groups -OCH3 is 1. The van der Waals surface area contributed by atoms with Crippen molar-refractivity contribution in [3.05, 3.63) is 66.1 Å². The minimum absolute atomic E-state index is 0.00585.